The molecule has 2 N–H and O–H groups in total. The summed E-state index contributed by atoms with van der Waals surface area (Å²) in [6.07, 6.45) is -4.51. The molecular formula is C19H12F4N2O3. The van der Waals surface area contributed by atoms with E-state index in [2.05, 4.69) is 0 Å². The second-order valence-corrected chi connectivity index (χ2v) is 5.63. The number of carbonyl (C=O) groups excluding carboxylic acids is 2. The number of nitrogens with one attached hydrogen (secondary N) is 2. The number of amides is 2. The quantitative estimate of drug-likeness (QED) is 0.519. The van der Waals surface area contributed by atoms with E-state index in [4.69, 9.17) is 4.42 Å². The summed E-state index contributed by atoms with van der Waals surface area (Å²) < 4.78 is 57.2. The topological polar surface area (TPSA) is 71.3 Å². The van der Waals surface area contributed by atoms with Crippen molar-refractivity contribution in [2.24, 2.45) is 0 Å². The van der Waals surface area contributed by atoms with Crippen LogP contribution in [0.2, 0.25) is 0 Å². The van der Waals surface area contributed by atoms with Crippen molar-refractivity contribution < 1.29 is 31.6 Å². The van der Waals surface area contributed by atoms with Gasteiger partial charge in [-0.2, -0.15) is 13.2 Å². The van der Waals surface area contributed by atoms with E-state index in [1.54, 1.807) is 0 Å². The van der Waals surface area contributed by atoms with Gasteiger partial charge in [-0.1, -0.05) is 24.3 Å². The molecule has 28 heavy (non-hydrogen) atoms. The van der Waals surface area contributed by atoms with Crippen LogP contribution in [-0.4, -0.2) is 11.8 Å². The third-order valence-corrected chi connectivity index (χ3v) is 3.71. The van der Waals surface area contributed by atoms with Crippen LogP contribution in [0.4, 0.5) is 17.6 Å². The van der Waals surface area contributed by atoms with Crippen LogP contribution in [0, 0.1) is 5.82 Å². The number of carbonyl (C=O) groups is 2. The van der Waals surface area contributed by atoms with Crippen molar-refractivity contribution in [3.63, 3.8) is 0 Å². The molecule has 0 aliphatic rings. The molecule has 0 unspecified atom stereocenters. The minimum absolute atomic E-state index is 0.0386. The lowest BCUT2D eigenvalue weighted by atomic mass is 10.1. The Bertz CT molecular complexity index is 1030. The molecule has 0 fully saturated rings. The maximum atomic E-state index is 13.5. The van der Waals surface area contributed by atoms with Gasteiger partial charge in [0.25, 0.3) is 5.91 Å². The third-order valence-electron chi connectivity index (χ3n) is 3.71. The summed E-state index contributed by atoms with van der Waals surface area (Å²) in [6.45, 7) is 0. The zero-order chi connectivity index (χ0) is 20.3. The predicted octanol–water partition coefficient (Wildman–Crippen LogP) is 4.18. The van der Waals surface area contributed by atoms with Crippen molar-refractivity contribution in [1.82, 2.24) is 10.9 Å². The van der Waals surface area contributed by atoms with E-state index >= 15 is 0 Å². The van der Waals surface area contributed by atoms with Crippen LogP contribution in [0.5, 0.6) is 0 Å². The van der Waals surface area contributed by atoms with Gasteiger partial charge < -0.3 is 4.42 Å². The number of rotatable bonds is 3. The first kappa shape index (κ1) is 19.2. The normalized spacial score (nSPS) is 11.1. The average Bonchev–Trinajstić information content (AvgIpc) is 3.16. The Morgan fingerprint density at radius 1 is 0.857 bits per heavy atom. The van der Waals surface area contributed by atoms with Crippen molar-refractivity contribution >= 4 is 11.8 Å². The molecule has 2 amide bonds. The van der Waals surface area contributed by atoms with E-state index in [1.807, 2.05) is 10.9 Å². The van der Waals surface area contributed by atoms with Gasteiger partial charge in [0.05, 0.1) is 11.1 Å². The lowest BCUT2D eigenvalue weighted by molar-refractivity contribution is -0.137. The van der Waals surface area contributed by atoms with Gasteiger partial charge >= 0.3 is 12.1 Å². The molecule has 0 spiro atoms. The maximum Gasteiger partial charge on any atom is 0.416 e. The Morgan fingerprint density at radius 3 is 2.29 bits per heavy atom. The Morgan fingerprint density at radius 2 is 1.57 bits per heavy atom. The molecule has 0 saturated carbocycles. The summed E-state index contributed by atoms with van der Waals surface area (Å²) in [4.78, 5) is 23.9. The largest absolute Gasteiger partial charge is 0.451 e. The van der Waals surface area contributed by atoms with E-state index in [1.165, 1.54) is 42.5 Å². The van der Waals surface area contributed by atoms with Gasteiger partial charge in [0.2, 0.25) is 0 Å². The average molecular weight is 392 g/mol. The van der Waals surface area contributed by atoms with Crippen LogP contribution < -0.4 is 10.9 Å². The molecule has 1 aromatic heterocycles. The van der Waals surface area contributed by atoms with Crippen molar-refractivity contribution in [3.05, 3.63) is 83.4 Å². The van der Waals surface area contributed by atoms with Crippen molar-refractivity contribution in [2.45, 2.75) is 6.18 Å². The minimum Gasteiger partial charge on any atom is -0.451 e. The van der Waals surface area contributed by atoms with Gasteiger partial charge in [-0.15, -0.1) is 0 Å². The third kappa shape index (κ3) is 4.20. The molecule has 3 aromatic rings. The number of furan rings is 1. The molecule has 0 radical (unpaired) electrons. The zero-order valence-electron chi connectivity index (χ0n) is 14.0. The first-order valence-corrected chi connectivity index (χ1v) is 7.88. The molecule has 0 aliphatic heterocycles. The number of benzene rings is 2. The fourth-order valence-electron chi connectivity index (χ4n) is 2.35. The van der Waals surface area contributed by atoms with E-state index in [-0.39, 0.29) is 22.6 Å². The molecule has 2 aromatic carbocycles. The Hall–Kier alpha value is -3.62. The SMILES string of the molecule is O=C(NNC(=O)c1ccccc1F)c1ccc(-c2cccc(C(F)(F)F)c2)o1. The molecule has 3 rings (SSSR count). The predicted molar refractivity (Wildman–Crippen MR) is 90.5 cm³/mol. The highest BCUT2D eigenvalue weighted by atomic mass is 19.4. The summed E-state index contributed by atoms with van der Waals surface area (Å²) in [5.41, 5.74) is 3.08. The molecular weight excluding hydrogens is 380 g/mol. The van der Waals surface area contributed by atoms with Gasteiger partial charge in [-0.05, 0) is 36.4 Å². The van der Waals surface area contributed by atoms with Crippen LogP contribution in [0.25, 0.3) is 11.3 Å². The minimum atomic E-state index is -4.51. The molecule has 1 heterocycles. The lowest BCUT2D eigenvalue weighted by Gasteiger charge is -2.08. The second-order valence-electron chi connectivity index (χ2n) is 5.63. The summed E-state index contributed by atoms with van der Waals surface area (Å²) in [5.74, 6) is -2.71. The van der Waals surface area contributed by atoms with Gasteiger partial charge in [0.15, 0.2) is 5.76 Å². The number of halogens is 4. The fourth-order valence-corrected chi connectivity index (χ4v) is 2.35. The summed E-state index contributed by atoms with van der Waals surface area (Å²) in [6, 6.07) is 12.2. The molecule has 0 aliphatic carbocycles. The van der Waals surface area contributed by atoms with Crippen LogP contribution >= 0.6 is 0 Å². The van der Waals surface area contributed by atoms with E-state index in [0.717, 1.165) is 18.2 Å². The molecule has 5 nitrogen and oxygen atoms in total. The summed E-state index contributed by atoms with van der Waals surface area (Å²) in [5, 5.41) is 0. The second kappa shape index (κ2) is 7.55. The van der Waals surface area contributed by atoms with Crippen LogP contribution in [0.1, 0.15) is 26.5 Å². The van der Waals surface area contributed by atoms with Crippen LogP contribution in [0.3, 0.4) is 0 Å². The van der Waals surface area contributed by atoms with Crippen molar-refractivity contribution in [3.8, 4) is 11.3 Å². The standard InChI is InChI=1S/C19H12F4N2O3/c20-14-7-2-1-6-13(14)17(26)24-25-18(27)16-9-8-15(28-16)11-4-3-5-12(10-11)19(21,22)23/h1-10H,(H,24,26)(H,25,27). The van der Waals surface area contributed by atoms with Gasteiger partial charge in [0, 0.05) is 5.56 Å². The first-order chi connectivity index (χ1) is 13.3. The molecule has 0 saturated heterocycles. The highest BCUT2D eigenvalue weighted by Crippen LogP contribution is 2.32. The number of hydrazine groups is 1. The molecule has 0 bridgehead atoms. The van der Waals surface area contributed by atoms with Crippen LogP contribution in [0.15, 0.2) is 65.1 Å². The van der Waals surface area contributed by atoms with E-state index < -0.39 is 29.4 Å². The van der Waals surface area contributed by atoms with Gasteiger partial charge in [0.1, 0.15) is 11.6 Å². The van der Waals surface area contributed by atoms with E-state index in [9.17, 15) is 27.2 Å². The highest BCUT2D eigenvalue weighted by molar-refractivity contribution is 5.98. The fraction of sp³-hybridized carbons (Fsp3) is 0.0526. The maximum absolute atomic E-state index is 13.5. The molecule has 0 atom stereocenters. The summed E-state index contributed by atoms with van der Waals surface area (Å²) >= 11 is 0. The zero-order valence-corrected chi connectivity index (χ0v) is 14.0. The Balaban J connectivity index is 1.69. The van der Waals surface area contributed by atoms with Crippen molar-refractivity contribution in [1.29, 1.82) is 0 Å². The van der Waals surface area contributed by atoms with E-state index in [0.29, 0.717) is 0 Å². The number of alkyl halides is 3. The Labute approximate surface area is 155 Å². The van der Waals surface area contributed by atoms with Crippen molar-refractivity contribution in [2.75, 3.05) is 0 Å². The summed E-state index contributed by atoms with van der Waals surface area (Å²) in [7, 11) is 0. The number of hydrogen-bond donors (Lipinski definition) is 2. The Kier molecular flexibility index (Phi) is 5.16. The monoisotopic (exact) mass is 392 g/mol. The van der Waals surface area contributed by atoms with Gasteiger partial charge in [-0.3, -0.25) is 20.4 Å². The number of hydrogen-bond acceptors (Lipinski definition) is 3. The smallest absolute Gasteiger partial charge is 0.416 e. The molecule has 144 valence electrons. The van der Waals surface area contributed by atoms with Gasteiger partial charge in [-0.25, -0.2) is 4.39 Å². The van der Waals surface area contributed by atoms with Crippen LogP contribution in [-0.2, 0) is 6.18 Å². The first-order valence-electron chi connectivity index (χ1n) is 7.88. The highest BCUT2D eigenvalue weighted by Gasteiger charge is 2.30. The lowest BCUT2D eigenvalue weighted by Crippen LogP contribution is -2.41. The molecule has 9 heteroatoms.